The Labute approximate surface area is 79.7 Å². The summed E-state index contributed by atoms with van der Waals surface area (Å²) in [5, 5.41) is 0. The molecule has 0 spiro atoms. The summed E-state index contributed by atoms with van der Waals surface area (Å²) in [6.07, 6.45) is 0.805. The molecule has 1 aromatic carbocycles. The SMILES string of the molecule is COc1cc(C)cc(C=O)c1Br. The van der Waals surface area contributed by atoms with E-state index >= 15 is 0 Å². The maximum atomic E-state index is 10.6. The smallest absolute Gasteiger partial charge is 0.151 e. The first kappa shape index (κ1) is 9.26. The van der Waals surface area contributed by atoms with Gasteiger partial charge in [-0.25, -0.2) is 0 Å². The summed E-state index contributed by atoms with van der Waals surface area (Å²) in [6, 6.07) is 3.68. The van der Waals surface area contributed by atoms with Crippen LogP contribution in [0.3, 0.4) is 0 Å². The standard InChI is InChI=1S/C9H9BrO2/c1-6-3-7(5-11)9(10)8(4-6)12-2/h3-5H,1-2H3. The zero-order valence-corrected chi connectivity index (χ0v) is 8.51. The summed E-state index contributed by atoms with van der Waals surface area (Å²) in [6.45, 7) is 1.92. The second-order valence-electron chi connectivity index (χ2n) is 2.49. The second kappa shape index (κ2) is 3.72. The van der Waals surface area contributed by atoms with Crippen LogP contribution in [0.4, 0.5) is 0 Å². The molecule has 1 aromatic rings. The van der Waals surface area contributed by atoms with Crippen LogP contribution in [-0.2, 0) is 0 Å². The van der Waals surface area contributed by atoms with Gasteiger partial charge < -0.3 is 4.74 Å². The molecule has 0 unspecified atom stereocenters. The van der Waals surface area contributed by atoms with E-state index in [1.165, 1.54) is 0 Å². The van der Waals surface area contributed by atoms with E-state index in [-0.39, 0.29) is 0 Å². The Morgan fingerprint density at radius 2 is 2.17 bits per heavy atom. The molecule has 0 amide bonds. The van der Waals surface area contributed by atoms with Crippen molar-refractivity contribution in [3.8, 4) is 5.75 Å². The maximum absolute atomic E-state index is 10.6. The van der Waals surface area contributed by atoms with Crippen molar-refractivity contribution in [2.45, 2.75) is 6.92 Å². The summed E-state index contributed by atoms with van der Waals surface area (Å²) >= 11 is 3.28. The average Bonchev–Trinajstić information content (AvgIpc) is 2.08. The second-order valence-corrected chi connectivity index (χ2v) is 3.28. The highest BCUT2D eigenvalue weighted by atomic mass is 79.9. The van der Waals surface area contributed by atoms with Crippen molar-refractivity contribution in [3.05, 3.63) is 27.7 Å². The molecule has 12 heavy (non-hydrogen) atoms. The van der Waals surface area contributed by atoms with Crippen molar-refractivity contribution in [1.82, 2.24) is 0 Å². The fourth-order valence-electron chi connectivity index (χ4n) is 0.997. The van der Waals surface area contributed by atoms with Gasteiger partial charge in [0.25, 0.3) is 0 Å². The number of rotatable bonds is 2. The van der Waals surface area contributed by atoms with E-state index < -0.39 is 0 Å². The normalized spacial score (nSPS) is 9.58. The van der Waals surface area contributed by atoms with E-state index in [4.69, 9.17) is 4.74 Å². The van der Waals surface area contributed by atoms with Gasteiger partial charge in [0.15, 0.2) is 6.29 Å². The quantitative estimate of drug-likeness (QED) is 0.728. The number of hydrogen-bond acceptors (Lipinski definition) is 2. The van der Waals surface area contributed by atoms with Crippen molar-refractivity contribution >= 4 is 22.2 Å². The van der Waals surface area contributed by atoms with Gasteiger partial charge in [-0.05, 0) is 40.5 Å². The first-order valence-electron chi connectivity index (χ1n) is 3.48. The van der Waals surface area contributed by atoms with Crippen molar-refractivity contribution in [3.63, 3.8) is 0 Å². The molecule has 0 bridgehead atoms. The van der Waals surface area contributed by atoms with E-state index in [0.717, 1.165) is 11.8 Å². The van der Waals surface area contributed by atoms with Crippen molar-refractivity contribution in [2.75, 3.05) is 7.11 Å². The summed E-state index contributed by atoms with van der Waals surface area (Å²) in [4.78, 5) is 10.6. The van der Waals surface area contributed by atoms with Crippen molar-refractivity contribution < 1.29 is 9.53 Å². The highest BCUT2D eigenvalue weighted by Crippen LogP contribution is 2.28. The van der Waals surface area contributed by atoms with Gasteiger partial charge in [0, 0.05) is 5.56 Å². The fourth-order valence-corrected chi connectivity index (χ4v) is 1.48. The molecule has 3 heteroatoms. The topological polar surface area (TPSA) is 26.3 Å². The third-order valence-corrected chi connectivity index (χ3v) is 2.41. The zero-order valence-electron chi connectivity index (χ0n) is 6.93. The lowest BCUT2D eigenvalue weighted by Gasteiger charge is -2.05. The molecule has 0 atom stereocenters. The molecule has 0 heterocycles. The average molecular weight is 229 g/mol. The summed E-state index contributed by atoms with van der Waals surface area (Å²) < 4.78 is 5.78. The zero-order chi connectivity index (χ0) is 9.14. The van der Waals surface area contributed by atoms with Gasteiger partial charge in [-0.3, -0.25) is 4.79 Å². The van der Waals surface area contributed by atoms with Gasteiger partial charge in [-0.2, -0.15) is 0 Å². The first-order valence-corrected chi connectivity index (χ1v) is 4.27. The number of carbonyl (C=O) groups is 1. The van der Waals surface area contributed by atoms with Crippen molar-refractivity contribution in [1.29, 1.82) is 0 Å². The van der Waals surface area contributed by atoms with Crippen molar-refractivity contribution in [2.24, 2.45) is 0 Å². The van der Waals surface area contributed by atoms with Crippen LogP contribution in [0.1, 0.15) is 15.9 Å². The van der Waals surface area contributed by atoms with Gasteiger partial charge in [-0.1, -0.05) is 0 Å². The number of aryl methyl sites for hydroxylation is 1. The monoisotopic (exact) mass is 228 g/mol. The maximum Gasteiger partial charge on any atom is 0.151 e. The van der Waals surface area contributed by atoms with Crippen LogP contribution in [-0.4, -0.2) is 13.4 Å². The predicted octanol–water partition coefficient (Wildman–Crippen LogP) is 2.58. The Morgan fingerprint density at radius 1 is 1.50 bits per heavy atom. The van der Waals surface area contributed by atoms with E-state index in [9.17, 15) is 4.79 Å². The highest BCUT2D eigenvalue weighted by molar-refractivity contribution is 9.10. The molecule has 0 saturated carbocycles. The van der Waals surface area contributed by atoms with Crippen LogP contribution in [0.15, 0.2) is 16.6 Å². The number of aldehydes is 1. The Kier molecular flexibility index (Phi) is 2.87. The number of carbonyl (C=O) groups excluding carboxylic acids is 1. The first-order chi connectivity index (χ1) is 5.69. The molecule has 0 aliphatic carbocycles. The van der Waals surface area contributed by atoms with Gasteiger partial charge in [-0.15, -0.1) is 0 Å². The molecule has 0 aromatic heterocycles. The van der Waals surface area contributed by atoms with Crippen LogP contribution < -0.4 is 4.74 Å². The molecule has 1 rings (SSSR count). The number of benzene rings is 1. The van der Waals surface area contributed by atoms with Gasteiger partial charge in [0.1, 0.15) is 5.75 Å². The van der Waals surface area contributed by atoms with Crippen LogP contribution >= 0.6 is 15.9 Å². The molecular formula is C9H9BrO2. The molecule has 0 aliphatic rings. The molecular weight excluding hydrogens is 220 g/mol. The Balaban J connectivity index is 3.31. The fraction of sp³-hybridized carbons (Fsp3) is 0.222. The van der Waals surface area contributed by atoms with Crippen LogP contribution in [0.2, 0.25) is 0 Å². The highest BCUT2D eigenvalue weighted by Gasteiger charge is 2.05. The number of methoxy groups -OCH3 is 1. The minimum absolute atomic E-state index is 0.617. The summed E-state index contributed by atoms with van der Waals surface area (Å²) in [5.74, 6) is 0.692. The third kappa shape index (κ3) is 1.67. The largest absolute Gasteiger partial charge is 0.496 e. The van der Waals surface area contributed by atoms with Gasteiger partial charge in [0.05, 0.1) is 11.6 Å². The van der Waals surface area contributed by atoms with E-state index in [1.54, 1.807) is 13.2 Å². The molecule has 0 aliphatic heterocycles. The van der Waals surface area contributed by atoms with Crippen LogP contribution in [0.5, 0.6) is 5.75 Å². The van der Waals surface area contributed by atoms with Crippen LogP contribution in [0, 0.1) is 6.92 Å². The minimum atomic E-state index is 0.617. The number of halogens is 1. The van der Waals surface area contributed by atoms with Gasteiger partial charge in [0.2, 0.25) is 0 Å². The Hall–Kier alpha value is -0.830. The lowest BCUT2D eigenvalue weighted by molar-refractivity contribution is 0.112. The summed E-state index contributed by atoms with van der Waals surface area (Å²) in [7, 11) is 1.58. The van der Waals surface area contributed by atoms with E-state index in [0.29, 0.717) is 15.8 Å². The minimum Gasteiger partial charge on any atom is -0.496 e. The van der Waals surface area contributed by atoms with E-state index in [1.807, 2.05) is 13.0 Å². The number of hydrogen-bond donors (Lipinski definition) is 0. The van der Waals surface area contributed by atoms with E-state index in [2.05, 4.69) is 15.9 Å². The summed E-state index contributed by atoms with van der Waals surface area (Å²) in [5.41, 5.74) is 1.63. The van der Waals surface area contributed by atoms with Gasteiger partial charge >= 0.3 is 0 Å². The Morgan fingerprint density at radius 3 is 2.67 bits per heavy atom. The predicted molar refractivity (Wildman–Crippen MR) is 50.8 cm³/mol. The van der Waals surface area contributed by atoms with Crippen LogP contribution in [0.25, 0.3) is 0 Å². The third-order valence-electron chi connectivity index (χ3n) is 1.56. The lowest BCUT2D eigenvalue weighted by Crippen LogP contribution is -1.90. The number of ether oxygens (including phenoxy) is 1. The Bertz CT molecular complexity index is 308. The molecule has 0 radical (unpaired) electrons. The lowest BCUT2D eigenvalue weighted by atomic mass is 10.1. The molecule has 64 valence electrons. The molecule has 2 nitrogen and oxygen atoms in total. The molecule has 0 fully saturated rings. The molecule has 0 saturated heterocycles. The molecule has 0 N–H and O–H groups in total.